The highest BCUT2D eigenvalue weighted by molar-refractivity contribution is 6.29. The summed E-state index contributed by atoms with van der Waals surface area (Å²) in [6.07, 6.45) is 0. The number of carbonyl (C=O) groups excluding carboxylic acids is 1. The lowest BCUT2D eigenvalue weighted by molar-refractivity contribution is 0.0950. The van der Waals surface area contributed by atoms with Crippen molar-refractivity contribution in [1.29, 1.82) is 0 Å². The first-order valence-electron chi connectivity index (χ1n) is 11.2. The van der Waals surface area contributed by atoms with Crippen LogP contribution in [0.25, 0.3) is 27.7 Å². The van der Waals surface area contributed by atoms with E-state index in [0.29, 0.717) is 16.4 Å². The summed E-state index contributed by atoms with van der Waals surface area (Å²) < 4.78 is 1.70. The lowest BCUT2D eigenvalue weighted by Crippen LogP contribution is -2.24. The quantitative estimate of drug-likeness (QED) is 0.330. The number of halogens is 1. The number of imidazole rings is 1. The molecule has 2 aromatic heterocycles. The zero-order chi connectivity index (χ0) is 23.9. The van der Waals surface area contributed by atoms with Crippen molar-refractivity contribution in [2.24, 2.45) is 0 Å². The molecule has 0 unspecified atom stereocenters. The van der Waals surface area contributed by atoms with Crippen molar-refractivity contribution in [3.05, 3.63) is 101 Å². The van der Waals surface area contributed by atoms with E-state index >= 15 is 0 Å². The fourth-order valence-corrected chi connectivity index (χ4v) is 4.21. The minimum Gasteiger partial charge on any atom is -0.346 e. The maximum atomic E-state index is 13.0. The number of aromatic nitrogens is 3. The molecule has 0 aliphatic carbocycles. The van der Waals surface area contributed by atoms with E-state index in [0.717, 1.165) is 27.7 Å². The van der Waals surface area contributed by atoms with Crippen LogP contribution in [-0.4, -0.2) is 20.5 Å². The number of nitrogens with zero attached hydrogens (tertiary/aromatic N) is 3. The number of amides is 1. The molecule has 0 saturated carbocycles. The molecular formula is C28H25ClN4O. The highest BCUT2D eigenvalue weighted by Crippen LogP contribution is 2.28. The summed E-state index contributed by atoms with van der Waals surface area (Å²) in [5.41, 5.74) is 5.09. The van der Waals surface area contributed by atoms with Gasteiger partial charge in [0.1, 0.15) is 5.15 Å². The molecule has 5 rings (SSSR count). The number of fused-ring (bicyclic) bond motifs is 2. The molecule has 0 saturated heterocycles. The van der Waals surface area contributed by atoms with Crippen LogP contribution < -0.4 is 5.32 Å². The summed E-state index contributed by atoms with van der Waals surface area (Å²) in [7, 11) is 0. The van der Waals surface area contributed by atoms with E-state index in [4.69, 9.17) is 16.6 Å². The highest BCUT2D eigenvalue weighted by atomic mass is 35.5. The predicted molar refractivity (Wildman–Crippen MR) is 137 cm³/mol. The van der Waals surface area contributed by atoms with Crippen LogP contribution in [0, 0.1) is 0 Å². The number of nitrogens with one attached hydrogen (secondary N) is 1. The summed E-state index contributed by atoms with van der Waals surface area (Å²) in [5, 5.41) is 9.97. The Balaban J connectivity index is 1.49. The van der Waals surface area contributed by atoms with Crippen LogP contribution in [0.5, 0.6) is 0 Å². The van der Waals surface area contributed by atoms with E-state index in [1.807, 2.05) is 48.5 Å². The summed E-state index contributed by atoms with van der Waals surface area (Å²) >= 11 is 6.18. The van der Waals surface area contributed by atoms with Gasteiger partial charge in [0.15, 0.2) is 5.65 Å². The van der Waals surface area contributed by atoms with Crippen LogP contribution >= 0.6 is 11.6 Å². The van der Waals surface area contributed by atoms with Crippen LogP contribution in [0.15, 0.2) is 78.9 Å². The van der Waals surface area contributed by atoms with Crippen molar-refractivity contribution >= 4 is 33.9 Å². The van der Waals surface area contributed by atoms with E-state index in [-0.39, 0.29) is 17.9 Å². The normalized spacial score (nSPS) is 11.8. The largest absolute Gasteiger partial charge is 0.346 e. The maximum Gasteiger partial charge on any atom is 0.251 e. The Hall–Kier alpha value is -3.70. The molecule has 5 nitrogen and oxygen atoms in total. The van der Waals surface area contributed by atoms with Gasteiger partial charge in [0.2, 0.25) is 0 Å². The van der Waals surface area contributed by atoms with Gasteiger partial charge in [-0.1, -0.05) is 87.0 Å². The molecule has 3 aromatic carbocycles. The number of hydrogen-bond acceptors (Lipinski definition) is 3. The van der Waals surface area contributed by atoms with Gasteiger partial charge in [-0.15, -0.1) is 0 Å². The van der Waals surface area contributed by atoms with Crippen molar-refractivity contribution < 1.29 is 4.79 Å². The van der Waals surface area contributed by atoms with Crippen molar-refractivity contribution in [1.82, 2.24) is 19.9 Å². The van der Waals surface area contributed by atoms with Crippen LogP contribution in [0.1, 0.15) is 42.4 Å². The first-order chi connectivity index (χ1) is 16.3. The molecule has 0 atom stereocenters. The zero-order valence-corrected chi connectivity index (χ0v) is 20.1. The number of carbonyl (C=O) groups is 1. The molecule has 2 heterocycles. The molecule has 170 valence electrons. The monoisotopic (exact) mass is 468 g/mol. The van der Waals surface area contributed by atoms with Gasteiger partial charge in [-0.25, -0.2) is 9.50 Å². The average molecular weight is 469 g/mol. The summed E-state index contributed by atoms with van der Waals surface area (Å²) in [4.78, 5) is 17.8. The van der Waals surface area contributed by atoms with Crippen molar-refractivity contribution in [2.45, 2.75) is 32.7 Å². The Morgan fingerprint density at radius 3 is 2.41 bits per heavy atom. The summed E-state index contributed by atoms with van der Waals surface area (Å²) in [5.74, 6) is -0.156. The molecular weight excluding hydrogens is 444 g/mol. The fourth-order valence-electron chi connectivity index (χ4n) is 4.07. The van der Waals surface area contributed by atoms with E-state index in [9.17, 15) is 4.79 Å². The predicted octanol–water partition coefficient (Wildman–Crippen LogP) is 6.43. The summed E-state index contributed by atoms with van der Waals surface area (Å²) in [6.45, 7) is 6.82. The molecule has 0 fully saturated rings. The second-order valence-electron chi connectivity index (χ2n) is 9.41. The minimum atomic E-state index is -0.156. The maximum absolute atomic E-state index is 13.0. The molecule has 5 aromatic rings. The Kier molecular flexibility index (Phi) is 5.58. The van der Waals surface area contributed by atoms with Gasteiger partial charge < -0.3 is 5.32 Å². The van der Waals surface area contributed by atoms with Crippen LogP contribution in [-0.2, 0) is 12.0 Å². The number of hydrogen-bond donors (Lipinski definition) is 1. The standard InChI is InChI=1S/C28H25ClN4O/c1-28(2,3)22-12-10-19(11-13-22)26-23(33-25(31-26)15-14-24(29)32-33)17-30-27(34)21-9-8-18-6-4-5-7-20(18)16-21/h4-16H,17H2,1-3H3,(H,30,34). The molecule has 6 heteroatoms. The van der Waals surface area contributed by atoms with Gasteiger partial charge in [0.05, 0.1) is 17.9 Å². The zero-order valence-electron chi connectivity index (χ0n) is 19.3. The van der Waals surface area contributed by atoms with E-state index in [1.165, 1.54) is 5.56 Å². The Morgan fingerprint density at radius 2 is 1.68 bits per heavy atom. The Bertz CT molecular complexity index is 1510. The van der Waals surface area contributed by atoms with Gasteiger partial charge in [0.25, 0.3) is 5.91 Å². The molecule has 1 amide bonds. The Labute approximate surface area is 203 Å². The molecule has 0 aliphatic heterocycles. The van der Waals surface area contributed by atoms with Gasteiger partial charge in [-0.3, -0.25) is 4.79 Å². The van der Waals surface area contributed by atoms with Crippen molar-refractivity contribution in [3.8, 4) is 11.3 Å². The van der Waals surface area contributed by atoms with Gasteiger partial charge in [-0.05, 0) is 46.0 Å². The second-order valence-corrected chi connectivity index (χ2v) is 9.79. The van der Waals surface area contributed by atoms with E-state index in [1.54, 1.807) is 10.6 Å². The smallest absolute Gasteiger partial charge is 0.251 e. The molecule has 0 spiro atoms. The van der Waals surface area contributed by atoms with E-state index < -0.39 is 0 Å². The van der Waals surface area contributed by atoms with Crippen LogP contribution in [0.2, 0.25) is 5.15 Å². The molecule has 0 bridgehead atoms. The first kappa shape index (κ1) is 22.1. The van der Waals surface area contributed by atoms with E-state index in [2.05, 4.69) is 55.5 Å². The van der Waals surface area contributed by atoms with Crippen molar-refractivity contribution in [2.75, 3.05) is 0 Å². The lowest BCUT2D eigenvalue weighted by atomic mass is 9.86. The third kappa shape index (κ3) is 4.27. The second kappa shape index (κ2) is 8.58. The Morgan fingerprint density at radius 1 is 0.941 bits per heavy atom. The summed E-state index contributed by atoms with van der Waals surface area (Å²) in [6, 6.07) is 25.6. The highest BCUT2D eigenvalue weighted by Gasteiger charge is 2.19. The molecule has 34 heavy (non-hydrogen) atoms. The molecule has 0 radical (unpaired) electrons. The molecule has 1 N–H and O–H groups in total. The first-order valence-corrected chi connectivity index (χ1v) is 11.6. The SMILES string of the molecule is CC(C)(C)c1ccc(-c2nc3ccc(Cl)nn3c2CNC(=O)c2ccc3ccccc3c2)cc1. The van der Waals surface area contributed by atoms with Crippen molar-refractivity contribution in [3.63, 3.8) is 0 Å². The fraction of sp³-hybridized carbons (Fsp3) is 0.179. The number of rotatable bonds is 4. The third-order valence-corrected chi connectivity index (χ3v) is 6.19. The van der Waals surface area contributed by atoms with Crippen LogP contribution in [0.4, 0.5) is 0 Å². The van der Waals surface area contributed by atoms with Gasteiger partial charge >= 0.3 is 0 Å². The third-order valence-electron chi connectivity index (χ3n) is 5.99. The topological polar surface area (TPSA) is 59.3 Å². The van der Waals surface area contributed by atoms with Gasteiger partial charge in [0, 0.05) is 11.1 Å². The average Bonchev–Trinajstić information content (AvgIpc) is 3.19. The number of benzene rings is 3. The minimum absolute atomic E-state index is 0.0587. The lowest BCUT2D eigenvalue weighted by Gasteiger charge is -2.19. The van der Waals surface area contributed by atoms with Crippen LogP contribution in [0.3, 0.4) is 0 Å². The van der Waals surface area contributed by atoms with Gasteiger partial charge in [-0.2, -0.15) is 5.10 Å². The molecule has 0 aliphatic rings.